The summed E-state index contributed by atoms with van der Waals surface area (Å²) in [5, 5.41) is 9.16. The van der Waals surface area contributed by atoms with Crippen molar-refractivity contribution >= 4 is 33.5 Å². The van der Waals surface area contributed by atoms with Gasteiger partial charge in [-0.15, -0.1) is 0 Å². The molecule has 1 heterocycles. The van der Waals surface area contributed by atoms with Gasteiger partial charge in [0.05, 0.1) is 11.6 Å². The molecule has 8 heteroatoms. The number of carbonyl (C=O) groups excluding carboxylic acids is 2. The van der Waals surface area contributed by atoms with Crippen molar-refractivity contribution in [2.75, 3.05) is 20.3 Å². The number of ether oxygens (including phenoxy) is 2. The van der Waals surface area contributed by atoms with Gasteiger partial charge in [-0.3, -0.25) is 9.59 Å². The first kappa shape index (κ1) is 30.1. The predicted molar refractivity (Wildman–Crippen MR) is 164 cm³/mol. The topological polar surface area (TPSA) is 93.1 Å². The first-order valence-electron chi connectivity index (χ1n) is 14.4. The predicted octanol–water partition coefficient (Wildman–Crippen LogP) is 6.85. The summed E-state index contributed by atoms with van der Waals surface area (Å²) in [6.45, 7) is 8.68. The maximum absolute atomic E-state index is 14.1. The van der Waals surface area contributed by atoms with E-state index in [0.29, 0.717) is 40.8 Å². The lowest BCUT2D eigenvalue weighted by atomic mass is 9.63. The summed E-state index contributed by atoms with van der Waals surface area (Å²) in [4.78, 5) is 41.7. The van der Waals surface area contributed by atoms with Crippen LogP contribution >= 0.6 is 15.9 Å². The zero-order valence-electron chi connectivity index (χ0n) is 24.9. The fourth-order valence-corrected chi connectivity index (χ4v) is 7.29. The van der Waals surface area contributed by atoms with Crippen LogP contribution in [-0.4, -0.2) is 47.8 Å². The largest absolute Gasteiger partial charge is 0.493 e. The minimum Gasteiger partial charge on any atom is -0.493 e. The summed E-state index contributed by atoms with van der Waals surface area (Å²) in [7, 11) is 1.49. The average Bonchev–Trinajstić information content (AvgIpc) is 2.89. The van der Waals surface area contributed by atoms with E-state index in [1.807, 2.05) is 24.3 Å². The van der Waals surface area contributed by atoms with Crippen LogP contribution in [0.4, 0.5) is 0 Å². The molecule has 1 N–H and O–H groups in total. The maximum Gasteiger partial charge on any atom is 0.341 e. The number of ketones is 2. The Morgan fingerprint density at radius 1 is 0.952 bits per heavy atom. The number of allylic oxidation sites excluding steroid dienone is 4. The molecule has 3 aliphatic rings. The van der Waals surface area contributed by atoms with Crippen LogP contribution in [-0.2, 0) is 20.8 Å². The van der Waals surface area contributed by atoms with Crippen molar-refractivity contribution in [1.29, 1.82) is 0 Å². The molecule has 0 unspecified atom stereocenters. The van der Waals surface area contributed by atoms with Gasteiger partial charge in [0, 0.05) is 47.8 Å². The molecular formula is C34H38BrNO6. The molecule has 0 aromatic heterocycles. The minimum atomic E-state index is -1.11. The first-order chi connectivity index (χ1) is 19.8. The highest BCUT2D eigenvalue weighted by molar-refractivity contribution is 9.10. The second-order valence-corrected chi connectivity index (χ2v) is 14.0. The van der Waals surface area contributed by atoms with E-state index in [1.54, 1.807) is 6.07 Å². The van der Waals surface area contributed by atoms with Crippen LogP contribution in [0.3, 0.4) is 0 Å². The molecule has 1 aliphatic heterocycles. The first-order valence-corrected chi connectivity index (χ1v) is 15.2. The molecule has 0 fully saturated rings. The van der Waals surface area contributed by atoms with Gasteiger partial charge in [0.15, 0.2) is 29.7 Å². The lowest BCUT2D eigenvalue weighted by molar-refractivity contribution is -0.139. The molecule has 0 bridgehead atoms. The van der Waals surface area contributed by atoms with E-state index >= 15 is 0 Å². The Hall–Kier alpha value is -3.39. The summed E-state index contributed by atoms with van der Waals surface area (Å²) < 4.78 is 11.7. The molecule has 0 spiro atoms. The molecule has 2 aliphatic carbocycles. The molecule has 0 amide bonds. The number of benzene rings is 2. The van der Waals surface area contributed by atoms with Crippen LogP contribution < -0.4 is 9.47 Å². The third-order valence-corrected chi connectivity index (χ3v) is 9.00. The zero-order valence-corrected chi connectivity index (χ0v) is 26.5. The van der Waals surface area contributed by atoms with Gasteiger partial charge in [0.2, 0.25) is 0 Å². The quantitative estimate of drug-likeness (QED) is 0.339. The number of nitrogens with zero attached hydrogens (tertiary/aromatic N) is 1. The number of Topliss-reactive ketones (excluding diaryl/α,β-unsaturated/α-hetero) is 2. The number of aliphatic carboxylic acids is 1. The second-order valence-electron chi connectivity index (χ2n) is 13.1. The molecule has 7 nitrogen and oxygen atoms in total. The van der Waals surface area contributed by atoms with E-state index in [1.165, 1.54) is 12.7 Å². The van der Waals surface area contributed by atoms with Crippen molar-refractivity contribution in [3.8, 4) is 11.5 Å². The van der Waals surface area contributed by atoms with E-state index < -0.39 is 18.5 Å². The van der Waals surface area contributed by atoms with Gasteiger partial charge >= 0.3 is 5.97 Å². The summed E-state index contributed by atoms with van der Waals surface area (Å²) in [6, 6.07) is 13.9. The number of hydrogen-bond acceptors (Lipinski definition) is 6. The highest BCUT2D eigenvalue weighted by Gasteiger charge is 2.49. The Morgan fingerprint density at radius 2 is 1.52 bits per heavy atom. The number of carbonyl (C=O) groups is 3. The van der Waals surface area contributed by atoms with Gasteiger partial charge in [0.1, 0.15) is 0 Å². The minimum absolute atomic E-state index is 0.0569. The average molecular weight is 637 g/mol. The van der Waals surface area contributed by atoms with E-state index in [0.717, 1.165) is 36.2 Å². The van der Waals surface area contributed by atoms with Crippen LogP contribution in [0.5, 0.6) is 11.5 Å². The third-order valence-electron chi connectivity index (χ3n) is 8.41. The summed E-state index contributed by atoms with van der Waals surface area (Å²) in [6.07, 6.45) is 3.04. The Labute approximate surface area is 255 Å². The Balaban J connectivity index is 1.70. The van der Waals surface area contributed by atoms with Crippen molar-refractivity contribution < 1.29 is 29.0 Å². The van der Waals surface area contributed by atoms with Crippen LogP contribution in [0.2, 0.25) is 0 Å². The molecule has 0 atom stereocenters. The molecule has 0 saturated heterocycles. The fourth-order valence-electron chi connectivity index (χ4n) is 6.72. The number of carboxylic acids is 1. The summed E-state index contributed by atoms with van der Waals surface area (Å²) in [5.41, 5.74) is 4.88. The number of hydrogen-bond donors (Lipinski definition) is 1. The SMILES string of the molecule is COc1cc(C2C3=C(CC(C)(C)CC3=O)N(CCc3ccccc3)C3=C2C(=O)CC(C)(C)C3)cc(Br)c1OCC(=O)O. The zero-order chi connectivity index (χ0) is 30.4. The molecule has 5 rings (SSSR count). The molecule has 0 saturated carbocycles. The highest BCUT2D eigenvalue weighted by Crippen LogP contribution is 2.55. The number of methoxy groups -OCH3 is 1. The Kier molecular flexibility index (Phi) is 8.14. The Morgan fingerprint density at radius 3 is 2.05 bits per heavy atom. The van der Waals surface area contributed by atoms with Crippen molar-refractivity contribution in [2.45, 2.75) is 65.7 Å². The van der Waals surface area contributed by atoms with E-state index in [4.69, 9.17) is 14.6 Å². The summed E-state index contributed by atoms with van der Waals surface area (Å²) >= 11 is 3.55. The van der Waals surface area contributed by atoms with Gasteiger partial charge in [-0.25, -0.2) is 4.79 Å². The van der Waals surface area contributed by atoms with Gasteiger partial charge in [-0.05, 0) is 69.3 Å². The number of halogens is 1. The van der Waals surface area contributed by atoms with Crippen molar-refractivity contribution in [1.82, 2.24) is 4.90 Å². The number of rotatable bonds is 8. The molecular weight excluding hydrogens is 598 g/mol. The molecule has 42 heavy (non-hydrogen) atoms. The van der Waals surface area contributed by atoms with E-state index in [-0.39, 0.29) is 28.1 Å². The van der Waals surface area contributed by atoms with E-state index in [9.17, 15) is 14.4 Å². The Bertz CT molecular complexity index is 1450. The molecule has 2 aromatic rings. The lowest BCUT2D eigenvalue weighted by Crippen LogP contribution is -2.45. The van der Waals surface area contributed by atoms with Crippen LogP contribution in [0.1, 0.15) is 70.4 Å². The number of carboxylic acid groups (broad SMARTS) is 1. The van der Waals surface area contributed by atoms with Crippen LogP contribution in [0.25, 0.3) is 0 Å². The van der Waals surface area contributed by atoms with Crippen molar-refractivity contribution in [2.24, 2.45) is 10.8 Å². The van der Waals surface area contributed by atoms with E-state index in [2.05, 4.69) is 60.7 Å². The lowest BCUT2D eigenvalue weighted by Gasteiger charge is -2.49. The molecule has 0 radical (unpaired) electrons. The fraction of sp³-hybridized carbons (Fsp3) is 0.441. The monoisotopic (exact) mass is 635 g/mol. The third kappa shape index (κ3) is 5.91. The van der Waals surface area contributed by atoms with Gasteiger partial charge < -0.3 is 19.5 Å². The van der Waals surface area contributed by atoms with Crippen molar-refractivity contribution in [3.05, 3.63) is 80.6 Å². The normalized spacial score (nSPS) is 19.9. The summed E-state index contributed by atoms with van der Waals surface area (Å²) in [5.74, 6) is -0.939. The van der Waals surface area contributed by atoms with Crippen LogP contribution in [0.15, 0.2) is 69.5 Å². The van der Waals surface area contributed by atoms with Crippen molar-refractivity contribution in [3.63, 3.8) is 0 Å². The van der Waals surface area contributed by atoms with Gasteiger partial charge in [-0.1, -0.05) is 58.0 Å². The standard InChI is InChI=1S/C34H38BrNO6/c1-33(2)15-23-30(25(37)17-33)29(21-13-22(35)32(27(14-21)41-5)42-19-28(39)40)31-24(16-34(3,4)18-26(31)38)36(23)12-11-20-9-7-6-8-10-20/h6-10,13-14,29H,11-12,15-19H2,1-5H3,(H,39,40). The van der Waals surface area contributed by atoms with Gasteiger partial charge in [0.25, 0.3) is 0 Å². The van der Waals surface area contributed by atoms with Crippen LogP contribution in [0, 0.1) is 10.8 Å². The second kappa shape index (κ2) is 11.4. The highest BCUT2D eigenvalue weighted by atomic mass is 79.9. The van der Waals surface area contributed by atoms with Gasteiger partial charge in [-0.2, -0.15) is 0 Å². The molecule has 2 aromatic carbocycles. The maximum atomic E-state index is 14.1. The molecule has 222 valence electrons. The smallest absolute Gasteiger partial charge is 0.341 e.